The zero-order valence-corrected chi connectivity index (χ0v) is 14.2. The molecule has 0 aliphatic heterocycles. The number of nitrogens with one attached hydrogen (secondary N) is 1. The Kier molecular flexibility index (Phi) is 8.24. The second kappa shape index (κ2) is 9.12. The van der Waals surface area contributed by atoms with Crippen LogP contribution in [0.25, 0.3) is 0 Å². The van der Waals surface area contributed by atoms with E-state index in [0.717, 1.165) is 25.1 Å². The number of rotatable bonds is 8. The van der Waals surface area contributed by atoms with Gasteiger partial charge >= 0.3 is 0 Å². The maximum Gasteiger partial charge on any atom is 0.0595 e. The summed E-state index contributed by atoms with van der Waals surface area (Å²) in [5.41, 5.74) is 1.24. The van der Waals surface area contributed by atoms with E-state index in [4.69, 9.17) is 23.2 Å². The first kappa shape index (κ1) is 17.2. The molecule has 4 heteroatoms. The van der Waals surface area contributed by atoms with E-state index in [0.29, 0.717) is 21.3 Å². The lowest BCUT2D eigenvalue weighted by Crippen LogP contribution is -2.34. The van der Waals surface area contributed by atoms with Crippen molar-refractivity contribution in [3.63, 3.8) is 0 Å². The minimum Gasteiger partial charge on any atom is -0.313 e. The van der Waals surface area contributed by atoms with Crippen molar-refractivity contribution in [2.45, 2.75) is 44.9 Å². The molecule has 1 aromatic carbocycles. The van der Waals surface area contributed by atoms with E-state index in [1.54, 1.807) is 0 Å². The summed E-state index contributed by atoms with van der Waals surface area (Å²) >= 11 is 14.0. The third-order valence-electron chi connectivity index (χ3n) is 2.78. The molecule has 0 bridgehead atoms. The topological polar surface area (TPSA) is 12.0 Å². The predicted octanol–water partition coefficient (Wildman–Crippen LogP) is 5.05. The van der Waals surface area contributed by atoms with Gasteiger partial charge in [-0.25, -0.2) is 0 Å². The Morgan fingerprint density at radius 1 is 1.21 bits per heavy atom. The third kappa shape index (κ3) is 6.89. The zero-order valence-electron chi connectivity index (χ0n) is 11.9. The minimum atomic E-state index is 0.490. The average molecular weight is 320 g/mol. The molecular weight excluding hydrogens is 297 g/mol. The Bertz CT molecular complexity index is 382. The van der Waals surface area contributed by atoms with Crippen LogP contribution in [-0.4, -0.2) is 23.6 Å². The van der Waals surface area contributed by atoms with Crippen molar-refractivity contribution in [2.75, 3.05) is 12.3 Å². The fourth-order valence-electron chi connectivity index (χ4n) is 1.80. The van der Waals surface area contributed by atoms with E-state index in [1.807, 2.05) is 23.9 Å². The average Bonchev–Trinajstić information content (AvgIpc) is 2.37. The molecule has 0 saturated carbocycles. The van der Waals surface area contributed by atoms with Crippen molar-refractivity contribution < 1.29 is 0 Å². The van der Waals surface area contributed by atoms with Crippen molar-refractivity contribution in [2.24, 2.45) is 0 Å². The van der Waals surface area contributed by atoms with Gasteiger partial charge in [-0.15, -0.1) is 0 Å². The zero-order chi connectivity index (χ0) is 14.3. The highest BCUT2D eigenvalue weighted by molar-refractivity contribution is 7.99. The number of benzene rings is 1. The van der Waals surface area contributed by atoms with Crippen LogP contribution in [0.1, 0.15) is 32.8 Å². The highest BCUT2D eigenvalue weighted by atomic mass is 35.5. The Morgan fingerprint density at radius 2 is 1.95 bits per heavy atom. The molecule has 0 heterocycles. The summed E-state index contributed by atoms with van der Waals surface area (Å²) in [6.07, 6.45) is 2.15. The summed E-state index contributed by atoms with van der Waals surface area (Å²) in [6, 6.07) is 6.41. The number of thioether (sulfide) groups is 1. The van der Waals surface area contributed by atoms with Crippen LogP contribution in [0, 0.1) is 0 Å². The van der Waals surface area contributed by atoms with E-state index >= 15 is 0 Å². The highest BCUT2D eigenvalue weighted by Crippen LogP contribution is 2.23. The molecule has 1 unspecified atom stereocenters. The van der Waals surface area contributed by atoms with Gasteiger partial charge in [-0.05, 0) is 42.3 Å². The summed E-state index contributed by atoms with van der Waals surface area (Å²) < 4.78 is 0. The van der Waals surface area contributed by atoms with Crippen LogP contribution in [0.3, 0.4) is 0 Å². The summed E-state index contributed by atoms with van der Waals surface area (Å²) in [5.74, 6) is 1.12. The number of hydrogen-bond acceptors (Lipinski definition) is 2. The summed E-state index contributed by atoms with van der Waals surface area (Å²) in [5, 5.41) is 5.55. The fraction of sp³-hybridized carbons (Fsp3) is 0.600. The summed E-state index contributed by atoms with van der Waals surface area (Å²) in [4.78, 5) is 0. The molecule has 108 valence electrons. The first-order chi connectivity index (χ1) is 9.02. The van der Waals surface area contributed by atoms with Gasteiger partial charge in [0, 0.05) is 11.8 Å². The van der Waals surface area contributed by atoms with E-state index in [1.165, 1.54) is 5.56 Å². The fourth-order valence-corrected chi connectivity index (χ4v) is 2.97. The van der Waals surface area contributed by atoms with Gasteiger partial charge in [-0.2, -0.15) is 11.8 Å². The van der Waals surface area contributed by atoms with Gasteiger partial charge in [-0.3, -0.25) is 0 Å². The molecule has 0 amide bonds. The van der Waals surface area contributed by atoms with Gasteiger partial charge in [0.15, 0.2) is 0 Å². The summed E-state index contributed by atoms with van der Waals surface area (Å²) in [6.45, 7) is 7.73. The molecular formula is C15H23Cl2NS. The van der Waals surface area contributed by atoms with E-state index in [9.17, 15) is 0 Å². The van der Waals surface area contributed by atoms with Crippen molar-refractivity contribution >= 4 is 35.0 Å². The molecule has 0 fully saturated rings. The molecule has 19 heavy (non-hydrogen) atoms. The van der Waals surface area contributed by atoms with Crippen LogP contribution in [0.2, 0.25) is 10.0 Å². The molecule has 1 N–H and O–H groups in total. The Balaban J connectivity index is 2.61. The van der Waals surface area contributed by atoms with E-state index in [2.05, 4.69) is 32.2 Å². The molecule has 0 radical (unpaired) electrons. The van der Waals surface area contributed by atoms with Gasteiger partial charge in [0.1, 0.15) is 0 Å². The molecule has 0 aliphatic rings. The van der Waals surface area contributed by atoms with Crippen molar-refractivity contribution in [1.82, 2.24) is 5.32 Å². The second-order valence-electron chi connectivity index (χ2n) is 4.99. The van der Waals surface area contributed by atoms with Gasteiger partial charge in [-0.1, -0.05) is 50.0 Å². The highest BCUT2D eigenvalue weighted by Gasteiger charge is 2.11. The molecule has 0 spiro atoms. The monoisotopic (exact) mass is 319 g/mol. The lowest BCUT2D eigenvalue weighted by Gasteiger charge is -2.19. The van der Waals surface area contributed by atoms with Crippen LogP contribution in [0.15, 0.2) is 18.2 Å². The molecule has 1 rings (SSSR count). The van der Waals surface area contributed by atoms with Crippen LogP contribution in [0.4, 0.5) is 0 Å². The minimum absolute atomic E-state index is 0.490. The van der Waals surface area contributed by atoms with E-state index < -0.39 is 0 Å². The number of halogens is 2. The first-order valence-electron chi connectivity index (χ1n) is 6.81. The SMILES string of the molecule is CCCNC(CSC(C)C)Cc1ccc(Cl)c(Cl)c1. The maximum absolute atomic E-state index is 6.07. The largest absolute Gasteiger partial charge is 0.313 e. The number of hydrogen-bond donors (Lipinski definition) is 1. The van der Waals surface area contributed by atoms with Gasteiger partial charge in [0.25, 0.3) is 0 Å². The van der Waals surface area contributed by atoms with Crippen molar-refractivity contribution in [3.05, 3.63) is 33.8 Å². The third-order valence-corrected chi connectivity index (χ3v) is 4.78. The molecule has 0 aliphatic carbocycles. The smallest absolute Gasteiger partial charge is 0.0595 e. The molecule has 1 aromatic rings. The first-order valence-corrected chi connectivity index (χ1v) is 8.62. The lowest BCUT2D eigenvalue weighted by atomic mass is 10.1. The molecule has 0 saturated heterocycles. The Labute approximate surface area is 131 Å². The van der Waals surface area contributed by atoms with Crippen molar-refractivity contribution in [3.8, 4) is 0 Å². The van der Waals surface area contributed by atoms with Crippen LogP contribution >= 0.6 is 35.0 Å². The van der Waals surface area contributed by atoms with Crippen LogP contribution < -0.4 is 5.32 Å². The van der Waals surface area contributed by atoms with E-state index in [-0.39, 0.29) is 0 Å². The van der Waals surface area contributed by atoms with Crippen molar-refractivity contribution in [1.29, 1.82) is 0 Å². The quantitative estimate of drug-likeness (QED) is 0.720. The lowest BCUT2D eigenvalue weighted by molar-refractivity contribution is 0.550. The molecule has 1 nitrogen and oxygen atoms in total. The maximum atomic E-state index is 6.07. The molecule has 1 atom stereocenters. The van der Waals surface area contributed by atoms with Crippen LogP contribution in [-0.2, 0) is 6.42 Å². The summed E-state index contributed by atoms with van der Waals surface area (Å²) in [7, 11) is 0. The normalized spacial score (nSPS) is 12.9. The van der Waals surface area contributed by atoms with Gasteiger partial charge < -0.3 is 5.32 Å². The Morgan fingerprint density at radius 3 is 2.53 bits per heavy atom. The molecule has 0 aromatic heterocycles. The Hall–Kier alpha value is 0.110. The van der Waals surface area contributed by atoms with Crippen LogP contribution in [0.5, 0.6) is 0 Å². The standard InChI is InChI=1S/C15H23Cl2NS/c1-4-7-18-13(10-19-11(2)3)8-12-5-6-14(16)15(17)9-12/h5-6,9,11,13,18H,4,7-8,10H2,1-3H3. The predicted molar refractivity (Wildman–Crippen MR) is 89.8 cm³/mol. The van der Waals surface area contributed by atoms with Gasteiger partial charge in [0.2, 0.25) is 0 Å². The second-order valence-corrected chi connectivity index (χ2v) is 7.41. The van der Waals surface area contributed by atoms with Gasteiger partial charge in [0.05, 0.1) is 10.0 Å².